The molecular formula is C22H26O7. The molecule has 1 saturated heterocycles. The van der Waals surface area contributed by atoms with Crippen LogP contribution in [0.3, 0.4) is 0 Å². The normalized spacial score (nSPS) is 34.1. The summed E-state index contributed by atoms with van der Waals surface area (Å²) in [5, 5.41) is 0. The van der Waals surface area contributed by atoms with Gasteiger partial charge < -0.3 is 14.2 Å². The van der Waals surface area contributed by atoms with Crippen molar-refractivity contribution >= 4 is 23.7 Å². The first-order chi connectivity index (χ1) is 13.5. The minimum atomic E-state index is -1.62. The van der Waals surface area contributed by atoms with E-state index in [1.165, 1.54) is 13.8 Å². The molecule has 0 radical (unpaired) electrons. The van der Waals surface area contributed by atoms with E-state index >= 15 is 0 Å². The van der Waals surface area contributed by atoms with Gasteiger partial charge in [0.2, 0.25) is 5.60 Å². The number of rotatable bonds is 3. The van der Waals surface area contributed by atoms with Crippen molar-refractivity contribution < 1.29 is 33.4 Å². The van der Waals surface area contributed by atoms with Crippen molar-refractivity contribution in [3.05, 3.63) is 34.4 Å². The van der Waals surface area contributed by atoms with Crippen molar-refractivity contribution in [1.82, 2.24) is 0 Å². The Morgan fingerprint density at radius 3 is 2.48 bits per heavy atom. The van der Waals surface area contributed by atoms with Crippen molar-refractivity contribution in [3.8, 4) is 0 Å². The summed E-state index contributed by atoms with van der Waals surface area (Å²) in [6.45, 7) is 9.69. The van der Waals surface area contributed by atoms with Crippen LogP contribution in [0.4, 0.5) is 0 Å². The molecule has 0 N–H and O–H groups in total. The van der Waals surface area contributed by atoms with Crippen LogP contribution in [-0.4, -0.2) is 41.5 Å². The lowest BCUT2D eigenvalue weighted by atomic mass is 9.77. The second-order valence-corrected chi connectivity index (χ2v) is 8.14. The van der Waals surface area contributed by atoms with E-state index in [0.29, 0.717) is 11.1 Å². The molecule has 0 unspecified atom stereocenters. The zero-order valence-corrected chi connectivity index (χ0v) is 17.5. The van der Waals surface area contributed by atoms with E-state index in [1.807, 2.05) is 13.8 Å². The molecule has 0 spiro atoms. The SMILES string of the molecule is C/C=C(/C)C(=O)O[C@H]1CC(C)=C2C(=O)C=C(C)[C@@H]2[C@H]2OC(=O)[C@@](C)(OC(C)=O)[C@@H]21. The lowest BCUT2D eigenvalue weighted by Crippen LogP contribution is -2.50. The number of hydrogen-bond acceptors (Lipinski definition) is 7. The Balaban J connectivity index is 2.13. The summed E-state index contributed by atoms with van der Waals surface area (Å²) in [5.74, 6) is -3.18. The van der Waals surface area contributed by atoms with Crippen LogP contribution in [0.1, 0.15) is 48.0 Å². The van der Waals surface area contributed by atoms with Crippen molar-refractivity contribution in [1.29, 1.82) is 0 Å². The van der Waals surface area contributed by atoms with Gasteiger partial charge in [-0.2, -0.15) is 0 Å². The summed E-state index contributed by atoms with van der Waals surface area (Å²) in [6, 6.07) is 0. The summed E-state index contributed by atoms with van der Waals surface area (Å²) < 4.78 is 16.9. The van der Waals surface area contributed by atoms with Gasteiger partial charge in [0.1, 0.15) is 12.2 Å². The van der Waals surface area contributed by atoms with Gasteiger partial charge >= 0.3 is 17.9 Å². The number of ether oxygens (including phenoxy) is 3. The minimum absolute atomic E-state index is 0.127. The third-order valence-electron chi connectivity index (χ3n) is 6.13. The van der Waals surface area contributed by atoms with Crippen LogP contribution in [0.2, 0.25) is 0 Å². The third kappa shape index (κ3) is 3.32. The summed E-state index contributed by atoms with van der Waals surface area (Å²) in [5.41, 5.74) is 0.921. The Labute approximate surface area is 169 Å². The zero-order valence-electron chi connectivity index (χ0n) is 17.5. The summed E-state index contributed by atoms with van der Waals surface area (Å²) in [6.07, 6.45) is 1.86. The van der Waals surface area contributed by atoms with Gasteiger partial charge in [0.05, 0.1) is 5.92 Å². The van der Waals surface area contributed by atoms with E-state index < -0.39 is 47.6 Å². The Morgan fingerprint density at radius 1 is 1.24 bits per heavy atom. The molecule has 5 atom stereocenters. The highest BCUT2D eigenvalue weighted by Crippen LogP contribution is 2.51. The first kappa shape index (κ1) is 21.0. The van der Waals surface area contributed by atoms with Gasteiger partial charge in [0.15, 0.2) is 5.78 Å². The molecule has 0 aromatic rings. The predicted molar refractivity (Wildman–Crippen MR) is 102 cm³/mol. The van der Waals surface area contributed by atoms with E-state index in [0.717, 1.165) is 11.1 Å². The number of hydrogen-bond donors (Lipinski definition) is 0. The maximum Gasteiger partial charge on any atom is 0.351 e. The molecule has 7 heteroatoms. The molecule has 3 rings (SSSR count). The number of ketones is 1. The molecule has 0 bridgehead atoms. The number of carbonyl (C=O) groups is 4. The van der Waals surface area contributed by atoms with E-state index in [4.69, 9.17) is 14.2 Å². The topological polar surface area (TPSA) is 96.0 Å². The minimum Gasteiger partial charge on any atom is -0.458 e. The van der Waals surface area contributed by atoms with Crippen molar-refractivity contribution in [2.45, 2.75) is 65.8 Å². The molecule has 1 aliphatic heterocycles. The standard InChI is InChI=1S/C22H26O7/c1-7-10(2)20(25)27-15-9-12(4)16-14(24)8-11(3)17(16)19-18(15)22(6,21(26)28-19)29-13(5)23/h7-8,15,17-19H,9H2,1-6H3/b10-7-/t15-,17-,18+,19+,22-/m0/s1. The highest BCUT2D eigenvalue weighted by atomic mass is 16.6. The maximum atomic E-state index is 12.8. The molecule has 0 aromatic heterocycles. The summed E-state index contributed by atoms with van der Waals surface area (Å²) in [7, 11) is 0. The van der Waals surface area contributed by atoms with E-state index in [2.05, 4.69) is 0 Å². The molecule has 156 valence electrons. The number of esters is 3. The molecule has 3 aliphatic rings. The van der Waals surface area contributed by atoms with Crippen LogP contribution >= 0.6 is 0 Å². The van der Waals surface area contributed by atoms with Gasteiger partial charge in [0, 0.05) is 30.4 Å². The van der Waals surface area contributed by atoms with E-state index in [9.17, 15) is 19.2 Å². The zero-order chi connectivity index (χ0) is 21.7. The molecule has 1 heterocycles. The van der Waals surface area contributed by atoms with Crippen molar-refractivity contribution in [3.63, 3.8) is 0 Å². The van der Waals surface area contributed by atoms with Gasteiger partial charge in [-0.3, -0.25) is 9.59 Å². The van der Waals surface area contributed by atoms with Gasteiger partial charge in [-0.05, 0) is 40.7 Å². The molecule has 29 heavy (non-hydrogen) atoms. The molecule has 2 aliphatic carbocycles. The number of carbonyl (C=O) groups excluding carboxylic acids is 4. The lowest BCUT2D eigenvalue weighted by Gasteiger charge is -2.34. The number of fused-ring (bicyclic) bond motifs is 3. The molecule has 0 aromatic carbocycles. The second kappa shape index (κ2) is 7.28. The molecule has 7 nitrogen and oxygen atoms in total. The fourth-order valence-corrected chi connectivity index (χ4v) is 4.67. The van der Waals surface area contributed by atoms with Crippen molar-refractivity contribution in [2.24, 2.45) is 11.8 Å². The van der Waals surface area contributed by atoms with E-state index in [1.54, 1.807) is 26.0 Å². The van der Waals surface area contributed by atoms with Crippen molar-refractivity contribution in [2.75, 3.05) is 0 Å². The quantitative estimate of drug-likeness (QED) is 0.407. The highest BCUT2D eigenvalue weighted by Gasteiger charge is 2.65. The smallest absolute Gasteiger partial charge is 0.351 e. The fourth-order valence-electron chi connectivity index (χ4n) is 4.67. The van der Waals surface area contributed by atoms with Gasteiger partial charge in [0.25, 0.3) is 0 Å². The molecule has 1 fully saturated rings. The largest absolute Gasteiger partial charge is 0.458 e. The third-order valence-corrected chi connectivity index (χ3v) is 6.13. The lowest BCUT2D eigenvalue weighted by molar-refractivity contribution is -0.176. The predicted octanol–water partition coefficient (Wildman–Crippen LogP) is 2.59. The van der Waals surface area contributed by atoms with Gasteiger partial charge in [-0.25, -0.2) is 9.59 Å². The monoisotopic (exact) mass is 402 g/mol. The Morgan fingerprint density at radius 2 is 1.90 bits per heavy atom. The average molecular weight is 402 g/mol. The maximum absolute atomic E-state index is 12.8. The average Bonchev–Trinajstić information content (AvgIpc) is 3.00. The first-order valence-corrected chi connectivity index (χ1v) is 9.68. The van der Waals surface area contributed by atoms with Crippen LogP contribution in [0.15, 0.2) is 34.4 Å². The van der Waals surface area contributed by atoms with Crippen LogP contribution in [0, 0.1) is 11.8 Å². The van der Waals surface area contributed by atoms with Crippen LogP contribution in [-0.2, 0) is 33.4 Å². The Hall–Kier alpha value is -2.70. The molecular weight excluding hydrogens is 376 g/mol. The number of allylic oxidation sites excluding steroid dienone is 2. The van der Waals surface area contributed by atoms with Crippen LogP contribution in [0.25, 0.3) is 0 Å². The fraction of sp³-hybridized carbons (Fsp3) is 0.545. The van der Waals surface area contributed by atoms with Crippen LogP contribution in [0.5, 0.6) is 0 Å². The Bertz CT molecular complexity index is 891. The second-order valence-electron chi connectivity index (χ2n) is 8.14. The van der Waals surface area contributed by atoms with Gasteiger partial charge in [-0.1, -0.05) is 17.2 Å². The summed E-state index contributed by atoms with van der Waals surface area (Å²) in [4.78, 5) is 49.7. The van der Waals surface area contributed by atoms with Crippen LogP contribution < -0.4 is 0 Å². The first-order valence-electron chi connectivity index (χ1n) is 9.68. The van der Waals surface area contributed by atoms with Gasteiger partial charge in [-0.15, -0.1) is 0 Å². The molecule has 0 saturated carbocycles. The Kier molecular flexibility index (Phi) is 5.28. The van der Waals surface area contributed by atoms with E-state index in [-0.39, 0.29) is 12.2 Å². The summed E-state index contributed by atoms with van der Waals surface area (Å²) >= 11 is 0. The molecule has 0 amide bonds. The highest BCUT2D eigenvalue weighted by molar-refractivity contribution is 6.09.